The van der Waals surface area contributed by atoms with Crippen molar-refractivity contribution in [3.05, 3.63) is 65.4 Å². The highest BCUT2D eigenvalue weighted by atomic mass is 16.5. The van der Waals surface area contributed by atoms with Crippen LogP contribution in [0, 0.1) is 5.41 Å². The second kappa shape index (κ2) is 10.1. The van der Waals surface area contributed by atoms with E-state index in [9.17, 15) is 9.59 Å². The molecule has 0 aliphatic heterocycles. The zero-order chi connectivity index (χ0) is 24.2. The number of carboxylic acid groups (broad SMARTS) is 1. The zero-order valence-electron chi connectivity index (χ0n) is 19.3. The standard InChI is InChI=1S/C26H30N4O4/c1-29-22(12-17-6-8-18(9-7-17)26(27)28)14-19-13-21(10-11-23(19)29)30(20-4-2-3-5-20)24(31)15-34-16-25(32)33/h6-11,13-14,20H,2-5,12,15-16H2,1H3,(H3,27,28)(H,32,33). The Kier molecular flexibility index (Phi) is 6.98. The second-order valence-electron chi connectivity index (χ2n) is 8.81. The van der Waals surface area contributed by atoms with Gasteiger partial charge in [0, 0.05) is 47.4 Å². The fourth-order valence-electron chi connectivity index (χ4n) is 4.74. The van der Waals surface area contributed by atoms with E-state index in [0.29, 0.717) is 5.56 Å². The molecule has 4 rings (SSSR count). The molecule has 0 atom stereocenters. The van der Waals surface area contributed by atoms with Gasteiger partial charge in [-0.2, -0.15) is 0 Å². The molecule has 178 valence electrons. The highest BCUT2D eigenvalue weighted by molar-refractivity contribution is 5.97. The van der Waals surface area contributed by atoms with E-state index in [1.807, 2.05) is 49.5 Å². The summed E-state index contributed by atoms with van der Waals surface area (Å²) in [4.78, 5) is 25.6. The molecule has 3 aromatic rings. The van der Waals surface area contributed by atoms with Crippen LogP contribution in [0.4, 0.5) is 5.69 Å². The normalized spacial score (nSPS) is 13.9. The zero-order valence-corrected chi connectivity index (χ0v) is 19.3. The van der Waals surface area contributed by atoms with E-state index in [1.165, 1.54) is 0 Å². The fourth-order valence-corrected chi connectivity index (χ4v) is 4.74. The maximum absolute atomic E-state index is 13.0. The number of nitrogens with two attached hydrogens (primary N) is 1. The molecule has 34 heavy (non-hydrogen) atoms. The lowest BCUT2D eigenvalue weighted by atomic mass is 10.1. The molecule has 2 aromatic carbocycles. The van der Waals surface area contributed by atoms with Crippen LogP contribution in [0.1, 0.15) is 42.5 Å². The number of aliphatic carboxylic acids is 1. The second-order valence-corrected chi connectivity index (χ2v) is 8.81. The van der Waals surface area contributed by atoms with Gasteiger partial charge in [-0.3, -0.25) is 10.2 Å². The van der Waals surface area contributed by atoms with Crippen LogP contribution in [0.3, 0.4) is 0 Å². The largest absolute Gasteiger partial charge is 0.480 e. The molecule has 1 fully saturated rings. The molecule has 4 N–H and O–H groups in total. The number of carbonyl (C=O) groups is 2. The average molecular weight is 463 g/mol. The van der Waals surface area contributed by atoms with Crippen molar-refractivity contribution in [1.82, 2.24) is 4.57 Å². The van der Waals surface area contributed by atoms with Gasteiger partial charge in [0.25, 0.3) is 5.91 Å². The summed E-state index contributed by atoms with van der Waals surface area (Å²) in [6.07, 6.45) is 4.74. The van der Waals surface area contributed by atoms with Gasteiger partial charge in [-0.25, -0.2) is 4.79 Å². The molecule has 1 amide bonds. The molecular weight excluding hydrogens is 432 g/mol. The number of anilines is 1. The van der Waals surface area contributed by atoms with Gasteiger partial charge in [0.15, 0.2) is 0 Å². The lowest BCUT2D eigenvalue weighted by Gasteiger charge is -2.29. The molecule has 0 bridgehead atoms. The molecule has 1 aliphatic carbocycles. The summed E-state index contributed by atoms with van der Waals surface area (Å²) < 4.78 is 7.25. The van der Waals surface area contributed by atoms with Crippen molar-refractivity contribution in [2.24, 2.45) is 12.8 Å². The quantitative estimate of drug-likeness (QED) is 0.332. The van der Waals surface area contributed by atoms with Crippen molar-refractivity contribution >= 4 is 34.3 Å². The maximum atomic E-state index is 13.0. The van der Waals surface area contributed by atoms with Crippen LogP contribution < -0.4 is 10.6 Å². The number of nitrogens with one attached hydrogen (secondary N) is 1. The molecule has 1 aliphatic rings. The van der Waals surface area contributed by atoms with Crippen molar-refractivity contribution in [3.63, 3.8) is 0 Å². The monoisotopic (exact) mass is 462 g/mol. The summed E-state index contributed by atoms with van der Waals surface area (Å²) in [7, 11) is 2.03. The first kappa shape index (κ1) is 23.5. The van der Waals surface area contributed by atoms with Gasteiger partial charge < -0.3 is 25.0 Å². The van der Waals surface area contributed by atoms with Crippen LogP contribution >= 0.6 is 0 Å². The number of aryl methyl sites for hydroxylation is 1. The van der Waals surface area contributed by atoms with Crippen molar-refractivity contribution in [1.29, 1.82) is 5.41 Å². The Morgan fingerprint density at radius 3 is 2.47 bits per heavy atom. The molecule has 8 heteroatoms. The Hall–Kier alpha value is -3.65. The van der Waals surface area contributed by atoms with Crippen molar-refractivity contribution in [3.8, 4) is 0 Å². The number of carboxylic acids is 1. The lowest BCUT2D eigenvalue weighted by molar-refractivity contribution is -0.143. The van der Waals surface area contributed by atoms with E-state index in [1.54, 1.807) is 4.90 Å². The Labute approximate surface area is 198 Å². The molecule has 1 saturated carbocycles. The van der Waals surface area contributed by atoms with Gasteiger partial charge in [0.05, 0.1) is 0 Å². The van der Waals surface area contributed by atoms with Gasteiger partial charge in [0.1, 0.15) is 19.0 Å². The van der Waals surface area contributed by atoms with E-state index in [2.05, 4.69) is 10.6 Å². The molecule has 1 aromatic heterocycles. The maximum Gasteiger partial charge on any atom is 0.329 e. The van der Waals surface area contributed by atoms with Crippen LogP contribution in [-0.2, 0) is 27.8 Å². The van der Waals surface area contributed by atoms with E-state index < -0.39 is 12.6 Å². The third-order valence-corrected chi connectivity index (χ3v) is 6.46. The minimum absolute atomic E-state index is 0.0541. The van der Waals surface area contributed by atoms with Crippen LogP contribution in [-0.4, -0.2) is 46.6 Å². The first-order valence-electron chi connectivity index (χ1n) is 11.5. The molecular formula is C26H30N4O4. The number of nitrogen functional groups attached to an aromatic ring is 1. The van der Waals surface area contributed by atoms with Crippen LogP contribution in [0.5, 0.6) is 0 Å². The van der Waals surface area contributed by atoms with Crippen molar-refractivity contribution in [2.75, 3.05) is 18.1 Å². The van der Waals surface area contributed by atoms with E-state index in [0.717, 1.165) is 60.0 Å². The van der Waals surface area contributed by atoms with Crippen LogP contribution in [0.2, 0.25) is 0 Å². The highest BCUT2D eigenvalue weighted by Gasteiger charge is 2.28. The predicted molar refractivity (Wildman–Crippen MR) is 131 cm³/mol. The van der Waals surface area contributed by atoms with Gasteiger partial charge in [-0.15, -0.1) is 0 Å². The smallest absolute Gasteiger partial charge is 0.329 e. The van der Waals surface area contributed by atoms with E-state index >= 15 is 0 Å². The van der Waals surface area contributed by atoms with Crippen LogP contribution in [0.15, 0.2) is 48.5 Å². The number of ether oxygens (including phenoxy) is 1. The van der Waals surface area contributed by atoms with Crippen molar-refractivity contribution < 1.29 is 19.4 Å². The molecule has 1 heterocycles. The van der Waals surface area contributed by atoms with Gasteiger partial charge in [-0.05, 0) is 42.7 Å². The minimum Gasteiger partial charge on any atom is -0.480 e. The average Bonchev–Trinajstić information content (AvgIpc) is 3.43. The molecule has 0 unspecified atom stereocenters. The number of hydrogen-bond donors (Lipinski definition) is 3. The van der Waals surface area contributed by atoms with Crippen LogP contribution in [0.25, 0.3) is 10.9 Å². The number of fused-ring (bicyclic) bond motifs is 1. The number of carbonyl (C=O) groups excluding carboxylic acids is 1. The number of hydrogen-bond acceptors (Lipinski definition) is 4. The summed E-state index contributed by atoms with van der Waals surface area (Å²) in [6, 6.07) is 15.9. The minimum atomic E-state index is -1.09. The number of rotatable bonds is 9. The number of aromatic nitrogens is 1. The molecule has 0 saturated heterocycles. The first-order valence-corrected chi connectivity index (χ1v) is 11.5. The number of benzene rings is 2. The Balaban J connectivity index is 1.59. The Bertz CT molecular complexity index is 1210. The fraction of sp³-hybridized carbons (Fsp3) is 0.346. The van der Waals surface area contributed by atoms with Gasteiger partial charge >= 0.3 is 5.97 Å². The van der Waals surface area contributed by atoms with Gasteiger partial charge in [-0.1, -0.05) is 37.1 Å². The van der Waals surface area contributed by atoms with Gasteiger partial charge in [0.2, 0.25) is 0 Å². The SMILES string of the molecule is Cn1c(Cc2ccc(C(=N)N)cc2)cc2cc(N(C(=O)COCC(=O)O)C3CCCC3)ccc21. The predicted octanol–water partition coefficient (Wildman–Crippen LogP) is 3.43. The number of amidine groups is 1. The Morgan fingerprint density at radius 2 is 1.82 bits per heavy atom. The number of amides is 1. The topological polar surface area (TPSA) is 122 Å². The summed E-state index contributed by atoms with van der Waals surface area (Å²) in [5.41, 5.74) is 10.4. The molecule has 8 nitrogen and oxygen atoms in total. The highest BCUT2D eigenvalue weighted by Crippen LogP contribution is 2.32. The summed E-state index contributed by atoms with van der Waals surface area (Å²) in [6.45, 7) is -0.740. The Morgan fingerprint density at radius 1 is 1.12 bits per heavy atom. The van der Waals surface area contributed by atoms with E-state index in [-0.39, 0.29) is 24.4 Å². The third-order valence-electron chi connectivity index (χ3n) is 6.46. The third kappa shape index (κ3) is 5.12. The van der Waals surface area contributed by atoms with Crippen molar-refractivity contribution in [2.45, 2.75) is 38.1 Å². The summed E-state index contributed by atoms with van der Waals surface area (Å²) in [5, 5.41) is 17.4. The molecule has 0 spiro atoms. The molecule has 0 radical (unpaired) electrons. The lowest BCUT2D eigenvalue weighted by Crippen LogP contribution is -2.41. The van der Waals surface area contributed by atoms with E-state index in [4.69, 9.17) is 21.0 Å². The summed E-state index contributed by atoms with van der Waals surface area (Å²) in [5.74, 6) is -1.25. The summed E-state index contributed by atoms with van der Waals surface area (Å²) >= 11 is 0. The number of nitrogens with zero attached hydrogens (tertiary/aromatic N) is 2. The first-order chi connectivity index (χ1) is 16.3.